The minimum atomic E-state index is -3.75. The number of hydrogen-bond acceptors (Lipinski definition) is 4. The average molecular weight is 310 g/mol. The number of sulfonamides is 1. The fourth-order valence-corrected chi connectivity index (χ4v) is 4.16. The zero-order valence-corrected chi connectivity index (χ0v) is 13.4. The lowest BCUT2D eigenvalue weighted by atomic mass is 9.84. The molecule has 2 rings (SSSR count). The Morgan fingerprint density at radius 3 is 2.67 bits per heavy atom. The summed E-state index contributed by atoms with van der Waals surface area (Å²) >= 11 is 0. The molecule has 7 heteroatoms. The third-order valence-corrected chi connectivity index (χ3v) is 5.35. The molecule has 1 aliphatic carbocycles. The van der Waals surface area contributed by atoms with Gasteiger partial charge in [-0.3, -0.25) is 0 Å². The van der Waals surface area contributed by atoms with E-state index in [2.05, 4.69) is 15.8 Å². The molecule has 0 saturated heterocycles. The zero-order chi connectivity index (χ0) is 15.5. The van der Waals surface area contributed by atoms with Crippen LogP contribution in [0.25, 0.3) is 0 Å². The van der Waals surface area contributed by atoms with E-state index < -0.39 is 15.6 Å². The van der Waals surface area contributed by atoms with Crippen molar-refractivity contribution >= 4 is 10.0 Å². The van der Waals surface area contributed by atoms with E-state index in [-0.39, 0.29) is 5.03 Å². The van der Waals surface area contributed by atoms with Crippen molar-refractivity contribution in [3.05, 3.63) is 12.0 Å². The van der Waals surface area contributed by atoms with E-state index in [1.54, 1.807) is 13.1 Å². The molecule has 1 aromatic rings. The second-order valence-corrected chi connectivity index (χ2v) is 7.31. The Kier molecular flexibility index (Phi) is 4.69. The molecule has 0 spiro atoms. The molecule has 1 heterocycles. The smallest absolute Gasteiger partial charge is 0.260 e. The van der Waals surface area contributed by atoms with Gasteiger partial charge in [0.05, 0.1) is 6.07 Å². The third-order valence-electron chi connectivity index (χ3n) is 3.94. The van der Waals surface area contributed by atoms with Crippen molar-refractivity contribution < 1.29 is 8.42 Å². The fourth-order valence-electron chi connectivity index (χ4n) is 2.78. The summed E-state index contributed by atoms with van der Waals surface area (Å²) < 4.78 is 29.4. The second-order valence-electron chi connectivity index (χ2n) is 5.68. The van der Waals surface area contributed by atoms with Crippen LogP contribution < -0.4 is 4.72 Å². The van der Waals surface area contributed by atoms with Crippen molar-refractivity contribution in [2.45, 2.75) is 69.5 Å². The van der Waals surface area contributed by atoms with E-state index in [1.807, 2.05) is 11.5 Å². The lowest BCUT2D eigenvalue weighted by Crippen LogP contribution is -2.48. The van der Waals surface area contributed by atoms with E-state index in [1.165, 1.54) is 0 Å². The predicted octanol–water partition coefficient (Wildman–Crippen LogP) is 2.11. The number of imidazole rings is 1. The third kappa shape index (κ3) is 3.44. The number of rotatable bonds is 5. The van der Waals surface area contributed by atoms with Crippen LogP contribution in [0.15, 0.2) is 11.2 Å². The zero-order valence-electron chi connectivity index (χ0n) is 12.6. The van der Waals surface area contributed by atoms with Crippen molar-refractivity contribution in [3.8, 4) is 6.07 Å². The van der Waals surface area contributed by atoms with Gasteiger partial charge in [-0.25, -0.2) is 13.4 Å². The van der Waals surface area contributed by atoms with Crippen LogP contribution in [0.4, 0.5) is 0 Å². The molecular formula is C14H22N4O2S. The van der Waals surface area contributed by atoms with Crippen LogP contribution in [0.5, 0.6) is 0 Å². The number of aromatic nitrogens is 2. The monoisotopic (exact) mass is 310 g/mol. The molecule has 0 amide bonds. The molecule has 1 fully saturated rings. The van der Waals surface area contributed by atoms with Crippen LogP contribution in [0.3, 0.4) is 0 Å². The molecule has 0 aromatic carbocycles. The maximum absolute atomic E-state index is 12.5. The SMILES string of the molecule is CCCn1cc(S(=O)(=O)NC2(C#N)CCCCC2)nc1C. The molecule has 116 valence electrons. The maximum atomic E-state index is 12.5. The first kappa shape index (κ1) is 16.0. The minimum absolute atomic E-state index is 0.00801. The van der Waals surface area contributed by atoms with Crippen LogP contribution in [-0.4, -0.2) is 23.5 Å². The van der Waals surface area contributed by atoms with Gasteiger partial charge in [-0.05, 0) is 26.2 Å². The highest BCUT2D eigenvalue weighted by Crippen LogP contribution is 2.29. The van der Waals surface area contributed by atoms with E-state index >= 15 is 0 Å². The van der Waals surface area contributed by atoms with Gasteiger partial charge in [0.2, 0.25) is 0 Å². The van der Waals surface area contributed by atoms with Crippen LogP contribution in [0.1, 0.15) is 51.3 Å². The Balaban J connectivity index is 2.25. The summed E-state index contributed by atoms with van der Waals surface area (Å²) in [5, 5.41) is 9.40. The molecule has 1 aliphatic rings. The molecule has 0 unspecified atom stereocenters. The quantitative estimate of drug-likeness (QED) is 0.902. The normalized spacial score (nSPS) is 18.3. The minimum Gasteiger partial charge on any atom is -0.334 e. The van der Waals surface area contributed by atoms with Gasteiger partial charge >= 0.3 is 0 Å². The van der Waals surface area contributed by atoms with Crippen molar-refractivity contribution in [1.29, 1.82) is 5.26 Å². The van der Waals surface area contributed by atoms with E-state index in [4.69, 9.17) is 0 Å². The molecule has 6 nitrogen and oxygen atoms in total. The summed E-state index contributed by atoms with van der Waals surface area (Å²) in [4.78, 5) is 4.13. The second kappa shape index (κ2) is 6.16. The summed E-state index contributed by atoms with van der Waals surface area (Å²) in [6.07, 6.45) is 6.39. The molecule has 0 radical (unpaired) electrons. The highest BCUT2D eigenvalue weighted by molar-refractivity contribution is 7.89. The summed E-state index contributed by atoms with van der Waals surface area (Å²) in [7, 11) is -3.75. The predicted molar refractivity (Wildman–Crippen MR) is 79.0 cm³/mol. The van der Waals surface area contributed by atoms with E-state index in [0.29, 0.717) is 18.7 Å². The number of aryl methyl sites for hydroxylation is 2. The van der Waals surface area contributed by atoms with Crippen LogP contribution in [0, 0.1) is 18.3 Å². The van der Waals surface area contributed by atoms with Crippen LogP contribution >= 0.6 is 0 Å². The van der Waals surface area contributed by atoms with E-state index in [9.17, 15) is 13.7 Å². The number of hydrogen-bond donors (Lipinski definition) is 1. The molecule has 1 aromatic heterocycles. The molecule has 1 N–H and O–H groups in total. The molecular weight excluding hydrogens is 288 g/mol. The van der Waals surface area contributed by atoms with Gasteiger partial charge < -0.3 is 4.57 Å². The number of nitrogens with one attached hydrogen (secondary N) is 1. The first-order valence-electron chi connectivity index (χ1n) is 7.41. The van der Waals surface area contributed by atoms with Gasteiger partial charge in [0.15, 0.2) is 5.03 Å². The number of nitriles is 1. The molecule has 1 saturated carbocycles. The summed E-state index contributed by atoms with van der Waals surface area (Å²) in [6, 6.07) is 2.17. The Labute approximate surface area is 126 Å². The molecule has 21 heavy (non-hydrogen) atoms. The highest BCUT2D eigenvalue weighted by Gasteiger charge is 2.37. The molecule has 0 aliphatic heterocycles. The Bertz CT molecular complexity index is 636. The lowest BCUT2D eigenvalue weighted by Gasteiger charge is -2.30. The van der Waals surface area contributed by atoms with Gasteiger partial charge in [-0.2, -0.15) is 9.98 Å². The lowest BCUT2D eigenvalue weighted by molar-refractivity contribution is 0.337. The first-order chi connectivity index (χ1) is 9.92. The molecule has 0 bridgehead atoms. The summed E-state index contributed by atoms with van der Waals surface area (Å²) in [5.74, 6) is 0.673. The van der Waals surface area contributed by atoms with Crippen molar-refractivity contribution in [2.75, 3.05) is 0 Å². The van der Waals surface area contributed by atoms with Gasteiger partial charge in [0.25, 0.3) is 10.0 Å². The molecule has 0 atom stereocenters. The van der Waals surface area contributed by atoms with Crippen molar-refractivity contribution in [1.82, 2.24) is 14.3 Å². The average Bonchev–Trinajstić information content (AvgIpc) is 2.82. The summed E-state index contributed by atoms with van der Waals surface area (Å²) in [5.41, 5.74) is -0.973. The Morgan fingerprint density at radius 2 is 2.10 bits per heavy atom. The van der Waals surface area contributed by atoms with Crippen LogP contribution in [0.2, 0.25) is 0 Å². The maximum Gasteiger partial charge on any atom is 0.260 e. The Morgan fingerprint density at radius 1 is 1.43 bits per heavy atom. The van der Waals surface area contributed by atoms with Gasteiger partial charge in [0.1, 0.15) is 11.4 Å². The fraction of sp³-hybridized carbons (Fsp3) is 0.714. The first-order valence-corrected chi connectivity index (χ1v) is 8.90. The highest BCUT2D eigenvalue weighted by atomic mass is 32.2. The standard InChI is InChI=1S/C14H22N4O2S/c1-3-9-18-10-13(16-12(18)2)21(19,20)17-14(11-15)7-5-4-6-8-14/h10,17H,3-9H2,1-2H3. The van der Waals surface area contributed by atoms with Gasteiger partial charge in [0, 0.05) is 12.7 Å². The van der Waals surface area contributed by atoms with Crippen molar-refractivity contribution in [3.63, 3.8) is 0 Å². The topological polar surface area (TPSA) is 87.8 Å². The van der Waals surface area contributed by atoms with Gasteiger partial charge in [-0.1, -0.05) is 26.2 Å². The summed E-state index contributed by atoms with van der Waals surface area (Å²) in [6.45, 7) is 4.55. The van der Waals surface area contributed by atoms with Crippen LogP contribution in [-0.2, 0) is 16.6 Å². The van der Waals surface area contributed by atoms with E-state index in [0.717, 1.165) is 32.2 Å². The van der Waals surface area contributed by atoms with Gasteiger partial charge in [-0.15, -0.1) is 0 Å². The Hall–Kier alpha value is -1.39. The number of nitrogens with zero attached hydrogens (tertiary/aromatic N) is 3. The van der Waals surface area contributed by atoms with Crippen molar-refractivity contribution in [2.24, 2.45) is 0 Å². The largest absolute Gasteiger partial charge is 0.334 e.